The lowest BCUT2D eigenvalue weighted by Crippen LogP contribution is -2.36. The van der Waals surface area contributed by atoms with Crippen LogP contribution in [0.25, 0.3) is 17.0 Å². The quantitative estimate of drug-likeness (QED) is 0.576. The van der Waals surface area contributed by atoms with Crippen LogP contribution >= 0.6 is 0 Å². The number of fused-ring (bicyclic) bond motifs is 1. The van der Waals surface area contributed by atoms with E-state index in [0.29, 0.717) is 17.3 Å². The van der Waals surface area contributed by atoms with Crippen molar-refractivity contribution in [2.45, 2.75) is 6.92 Å². The van der Waals surface area contributed by atoms with E-state index in [1.54, 1.807) is 4.52 Å². The van der Waals surface area contributed by atoms with E-state index in [1.165, 1.54) is 0 Å². The van der Waals surface area contributed by atoms with Gasteiger partial charge in [0.1, 0.15) is 5.82 Å². The molecule has 8 heteroatoms. The van der Waals surface area contributed by atoms with Crippen LogP contribution in [0.2, 0.25) is 0 Å². The lowest BCUT2D eigenvalue weighted by molar-refractivity contribution is 0.122. The van der Waals surface area contributed by atoms with Crippen molar-refractivity contribution in [1.82, 2.24) is 24.8 Å². The minimum atomic E-state index is 0.701. The van der Waals surface area contributed by atoms with Crippen molar-refractivity contribution in [2.24, 2.45) is 0 Å². The number of anilines is 3. The van der Waals surface area contributed by atoms with Crippen LogP contribution in [-0.2, 0) is 4.74 Å². The van der Waals surface area contributed by atoms with E-state index >= 15 is 0 Å². The zero-order valence-electron chi connectivity index (χ0n) is 16.1. The Morgan fingerprint density at radius 1 is 0.931 bits per heavy atom. The molecule has 3 aromatic heterocycles. The number of nitrogens with one attached hydrogen (secondary N) is 1. The Morgan fingerprint density at radius 3 is 2.55 bits per heavy atom. The van der Waals surface area contributed by atoms with Gasteiger partial charge in [0.05, 0.1) is 24.6 Å². The Bertz CT molecular complexity index is 1140. The number of aryl methyl sites for hydroxylation is 1. The zero-order chi connectivity index (χ0) is 19.6. The number of pyridine rings is 1. The highest BCUT2D eigenvalue weighted by Crippen LogP contribution is 2.23. The molecule has 1 aliphatic rings. The van der Waals surface area contributed by atoms with Crippen LogP contribution in [0.1, 0.15) is 5.69 Å². The average molecular weight is 387 g/mol. The normalized spacial score (nSPS) is 14.3. The Hall–Kier alpha value is -3.52. The third-order valence-electron chi connectivity index (χ3n) is 4.96. The molecule has 1 aromatic carbocycles. The van der Waals surface area contributed by atoms with Crippen LogP contribution in [0.15, 0.2) is 54.6 Å². The summed E-state index contributed by atoms with van der Waals surface area (Å²) < 4.78 is 7.17. The molecule has 0 unspecified atom stereocenters. The fourth-order valence-electron chi connectivity index (χ4n) is 3.41. The predicted octanol–water partition coefficient (Wildman–Crippen LogP) is 3.07. The van der Waals surface area contributed by atoms with E-state index in [1.807, 2.05) is 61.5 Å². The Balaban J connectivity index is 1.43. The van der Waals surface area contributed by atoms with E-state index in [4.69, 9.17) is 9.72 Å². The van der Waals surface area contributed by atoms with Gasteiger partial charge in [0, 0.05) is 18.7 Å². The summed E-state index contributed by atoms with van der Waals surface area (Å²) >= 11 is 0. The number of hydrogen-bond donors (Lipinski definition) is 1. The van der Waals surface area contributed by atoms with Crippen molar-refractivity contribution in [3.8, 4) is 11.4 Å². The first kappa shape index (κ1) is 17.6. The summed E-state index contributed by atoms with van der Waals surface area (Å²) in [5, 5.41) is 16.6. The van der Waals surface area contributed by atoms with Gasteiger partial charge in [0.15, 0.2) is 17.3 Å². The maximum atomic E-state index is 5.42. The molecule has 4 aromatic rings. The minimum absolute atomic E-state index is 0.701. The summed E-state index contributed by atoms with van der Waals surface area (Å²) in [5.74, 6) is 2.39. The van der Waals surface area contributed by atoms with Gasteiger partial charge < -0.3 is 15.0 Å². The van der Waals surface area contributed by atoms with Crippen molar-refractivity contribution in [3.05, 3.63) is 60.3 Å². The maximum Gasteiger partial charge on any atom is 0.185 e. The Morgan fingerprint density at radius 2 is 1.76 bits per heavy atom. The number of nitrogens with zero attached hydrogens (tertiary/aromatic N) is 6. The molecule has 1 N–H and O–H groups in total. The monoisotopic (exact) mass is 387 g/mol. The van der Waals surface area contributed by atoms with Gasteiger partial charge in [-0.25, -0.2) is 4.98 Å². The summed E-state index contributed by atoms with van der Waals surface area (Å²) in [7, 11) is 0. The number of ether oxygens (including phenoxy) is 1. The van der Waals surface area contributed by atoms with E-state index in [0.717, 1.165) is 49.1 Å². The van der Waals surface area contributed by atoms with Gasteiger partial charge in [-0.2, -0.15) is 4.52 Å². The van der Waals surface area contributed by atoms with Gasteiger partial charge >= 0.3 is 0 Å². The molecule has 1 fully saturated rings. The van der Waals surface area contributed by atoms with E-state index in [9.17, 15) is 0 Å². The van der Waals surface area contributed by atoms with E-state index < -0.39 is 0 Å². The molecule has 0 saturated carbocycles. The van der Waals surface area contributed by atoms with Gasteiger partial charge in [-0.15, -0.1) is 15.3 Å². The van der Waals surface area contributed by atoms with Crippen LogP contribution in [0.3, 0.4) is 0 Å². The second-order valence-electron chi connectivity index (χ2n) is 6.91. The highest BCUT2D eigenvalue weighted by Gasteiger charge is 2.14. The molecule has 0 aliphatic carbocycles. The molecule has 8 nitrogen and oxygen atoms in total. The van der Waals surface area contributed by atoms with Crippen LogP contribution < -0.4 is 10.2 Å². The summed E-state index contributed by atoms with van der Waals surface area (Å²) in [6.07, 6.45) is 0. The SMILES string of the molecule is Cc1nc(N2CCOCC2)ccc1Nc1ccc2nnc(-c3ccccc3)n2n1. The number of hydrogen-bond acceptors (Lipinski definition) is 7. The summed E-state index contributed by atoms with van der Waals surface area (Å²) in [6.45, 7) is 5.22. The predicted molar refractivity (Wildman–Crippen MR) is 112 cm³/mol. The minimum Gasteiger partial charge on any atom is -0.378 e. The van der Waals surface area contributed by atoms with Crippen LogP contribution in [0.5, 0.6) is 0 Å². The zero-order valence-corrected chi connectivity index (χ0v) is 16.1. The number of benzene rings is 1. The molecule has 5 rings (SSSR count). The highest BCUT2D eigenvalue weighted by molar-refractivity contribution is 5.63. The van der Waals surface area contributed by atoms with Gasteiger partial charge in [-0.05, 0) is 31.2 Å². The van der Waals surface area contributed by atoms with Crippen molar-refractivity contribution < 1.29 is 4.74 Å². The molecule has 0 atom stereocenters. The standard InChI is InChI=1S/C21H21N7O/c1-15-17(7-9-19(22-15)27-11-13-29-14-12-27)23-18-8-10-20-24-25-21(28(20)26-18)16-5-3-2-4-6-16/h2-10H,11-14H2,1H3,(H,23,26). The summed E-state index contributed by atoms with van der Waals surface area (Å²) in [6, 6.07) is 17.8. The van der Waals surface area contributed by atoms with Gasteiger partial charge in [-0.1, -0.05) is 30.3 Å². The second-order valence-corrected chi connectivity index (χ2v) is 6.91. The third kappa shape index (κ3) is 3.50. The molecule has 1 aliphatic heterocycles. The van der Waals surface area contributed by atoms with Crippen molar-refractivity contribution in [1.29, 1.82) is 0 Å². The molecular formula is C21H21N7O. The summed E-state index contributed by atoms with van der Waals surface area (Å²) in [4.78, 5) is 7.00. The Labute approximate surface area is 168 Å². The van der Waals surface area contributed by atoms with Crippen LogP contribution in [0, 0.1) is 6.92 Å². The number of rotatable bonds is 4. The van der Waals surface area contributed by atoms with Crippen molar-refractivity contribution in [3.63, 3.8) is 0 Å². The van der Waals surface area contributed by atoms with Crippen LogP contribution in [0.4, 0.5) is 17.3 Å². The lowest BCUT2D eigenvalue weighted by atomic mass is 10.2. The molecule has 1 saturated heterocycles. The molecule has 0 radical (unpaired) electrons. The van der Waals surface area contributed by atoms with Gasteiger partial charge in [0.25, 0.3) is 0 Å². The summed E-state index contributed by atoms with van der Waals surface area (Å²) in [5.41, 5.74) is 3.51. The first-order valence-electron chi connectivity index (χ1n) is 9.63. The largest absolute Gasteiger partial charge is 0.378 e. The Kier molecular flexibility index (Phi) is 4.53. The second kappa shape index (κ2) is 7.48. The molecule has 0 spiro atoms. The fourth-order valence-corrected chi connectivity index (χ4v) is 3.41. The first-order valence-corrected chi connectivity index (χ1v) is 9.63. The lowest BCUT2D eigenvalue weighted by Gasteiger charge is -2.28. The topological polar surface area (TPSA) is 80.5 Å². The number of morpholine rings is 1. The van der Waals surface area contributed by atoms with Gasteiger partial charge in [0.2, 0.25) is 0 Å². The van der Waals surface area contributed by atoms with E-state index in [-0.39, 0.29) is 0 Å². The molecule has 4 heterocycles. The van der Waals surface area contributed by atoms with Crippen molar-refractivity contribution in [2.75, 3.05) is 36.5 Å². The van der Waals surface area contributed by atoms with Crippen molar-refractivity contribution >= 4 is 23.0 Å². The maximum absolute atomic E-state index is 5.42. The molecular weight excluding hydrogens is 366 g/mol. The third-order valence-corrected chi connectivity index (χ3v) is 4.96. The van der Waals surface area contributed by atoms with Crippen LogP contribution in [-0.4, -0.2) is 51.1 Å². The molecule has 0 amide bonds. The van der Waals surface area contributed by atoms with E-state index in [2.05, 4.69) is 25.5 Å². The average Bonchev–Trinajstić information content (AvgIpc) is 3.20. The first-order chi connectivity index (χ1) is 14.3. The molecule has 146 valence electrons. The fraction of sp³-hybridized carbons (Fsp3) is 0.238. The smallest absolute Gasteiger partial charge is 0.185 e. The molecule has 29 heavy (non-hydrogen) atoms. The molecule has 0 bridgehead atoms. The van der Waals surface area contributed by atoms with Gasteiger partial charge in [-0.3, -0.25) is 0 Å². The number of aromatic nitrogens is 5. The highest BCUT2D eigenvalue weighted by atomic mass is 16.5.